The number of nitrogens with one attached hydrogen (secondary N) is 1. The number of benzene rings is 1. The lowest BCUT2D eigenvalue weighted by atomic mass is 10.2. The standard InChI is InChI=1S/C17H16F3N3O2/c1-3-14(18)17(19,20)22-15-13-5-4-8-23(13)12-7-6-10(16(24)25-2)9-11(12)21-15/h4-9,14H,3H2,1-2H3,(H,21,22). The molecule has 0 amide bonds. The van der Waals surface area contributed by atoms with Gasteiger partial charge in [0.15, 0.2) is 12.0 Å². The lowest BCUT2D eigenvalue weighted by molar-refractivity contribution is -0.0471. The number of carbonyl (C=O) groups is 1. The maximum Gasteiger partial charge on any atom is 0.355 e. The van der Waals surface area contributed by atoms with Crippen LogP contribution >= 0.6 is 0 Å². The summed E-state index contributed by atoms with van der Waals surface area (Å²) in [6.07, 6.45) is -1.01. The Bertz CT molecular complexity index is 939. The van der Waals surface area contributed by atoms with Gasteiger partial charge in [-0.25, -0.2) is 14.2 Å². The maximum atomic E-state index is 14.0. The first-order valence-electron chi connectivity index (χ1n) is 7.66. The number of hydrogen-bond donors (Lipinski definition) is 1. The van der Waals surface area contributed by atoms with Gasteiger partial charge in [0.2, 0.25) is 0 Å². The molecule has 2 heterocycles. The van der Waals surface area contributed by atoms with Gasteiger partial charge in [-0.3, -0.25) is 0 Å². The Morgan fingerprint density at radius 3 is 2.80 bits per heavy atom. The molecule has 132 valence electrons. The average molecular weight is 351 g/mol. The highest BCUT2D eigenvalue weighted by Gasteiger charge is 2.39. The van der Waals surface area contributed by atoms with Crippen LogP contribution in [0.2, 0.25) is 0 Å². The summed E-state index contributed by atoms with van der Waals surface area (Å²) in [5, 5.41) is 1.90. The molecule has 0 bridgehead atoms. The van der Waals surface area contributed by atoms with Crippen molar-refractivity contribution in [3.05, 3.63) is 42.1 Å². The van der Waals surface area contributed by atoms with Crippen molar-refractivity contribution in [2.75, 3.05) is 12.4 Å². The number of esters is 1. The highest BCUT2D eigenvalue weighted by Crippen LogP contribution is 2.30. The summed E-state index contributed by atoms with van der Waals surface area (Å²) in [6, 6.07) is 4.15. The first-order valence-corrected chi connectivity index (χ1v) is 7.66. The zero-order chi connectivity index (χ0) is 18.2. The third kappa shape index (κ3) is 2.99. The van der Waals surface area contributed by atoms with E-state index in [1.54, 1.807) is 34.9 Å². The van der Waals surface area contributed by atoms with Gasteiger partial charge in [-0.2, -0.15) is 8.78 Å². The molecule has 0 spiro atoms. The molecule has 0 aliphatic carbocycles. The molecule has 3 aromatic rings. The third-order valence-corrected chi connectivity index (χ3v) is 3.92. The molecule has 0 aliphatic heterocycles. The second-order valence-electron chi connectivity index (χ2n) is 5.54. The second-order valence-corrected chi connectivity index (χ2v) is 5.54. The summed E-state index contributed by atoms with van der Waals surface area (Å²) in [4.78, 5) is 15.8. The zero-order valence-corrected chi connectivity index (χ0v) is 13.6. The van der Waals surface area contributed by atoms with E-state index in [1.807, 2.05) is 5.32 Å². The van der Waals surface area contributed by atoms with Gasteiger partial charge < -0.3 is 14.5 Å². The number of rotatable bonds is 5. The number of halogens is 3. The van der Waals surface area contributed by atoms with Crippen LogP contribution in [0.3, 0.4) is 0 Å². The van der Waals surface area contributed by atoms with Crippen molar-refractivity contribution in [1.82, 2.24) is 9.38 Å². The summed E-state index contributed by atoms with van der Waals surface area (Å²) < 4.78 is 47.8. The molecule has 0 fully saturated rings. The maximum absolute atomic E-state index is 14.0. The van der Waals surface area contributed by atoms with Gasteiger partial charge in [-0.15, -0.1) is 0 Å². The number of ether oxygens (including phenoxy) is 1. The first kappa shape index (κ1) is 17.1. The Hall–Kier alpha value is -2.77. The Balaban J connectivity index is 2.16. The van der Waals surface area contributed by atoms with Crippen LogP contribution < -0.4 is 5.32 Å². The molecule has 8 heteroatoms. The van der Waals surface area contributed by atoms with Crippen molar-refractivity contribution < 1.29 is 22.7 Å². The van der Waals surface area contributed by atoms with E-state index in [4.69, 9.17) is 0 Å². The number of hydrogen-bond acceptors (Lipinski definition) is 4. The van der Waals surface area contributed by atoms with E-state index in [2.05, 4.69) is 9.72 Å². The van der Waals surface area contributed by atoms with Gasteiger partial charge in [0.25, 0.3) is 0 Å². The number of nitrogens with zero attached hydrogens (tertiary/aromatic N) is 2. The van der Waals surface area contributed by atoms with Crippen LogP contribution in [0.15, 0.2) is 36.5 Å². The summed E-state index contributed by atoms with van der Waals surface area (Å²) in [5.74, 6) is -0.730. The molecule has 1 aromatic carbocycles. The van der Waals surface area contributed by atoms with E-state index in [-0.39, 0.29) is 17.8 Å². The summed E-state index contributed by atoms with van der Waals surface area (Å²) >= 11 is 0. The molecule has 0 saturated carbocycles. The molecule has 1 N–H and O–H groups in total. The van der Waals surface area contributed by atoms with Crippen LogP contribution in [0.4, 0.5) is 19.0 Å². The van der Waals surface area contributed by atoms with Crippen LogP contribution in [0, 0.1) is 0 Å². The number of aromatic nitrogens is 2. The highest BCUT2D eigenvalue weighted by atomic mass is 19.3. The van der Waals surface area contributed by atoms with Gasteiger partial charge >= 0.3 is 12.0 Å². The fourth-order valence-electron chi connectivity index (χ4n) is 2.61. The van der Waals surface area contributed by atoms with Crippen LogP contribution in [0.5, 0.6) is 0 Å². The summed E-state index contributed by atoms with van der Waals surface area (Å²) in [5.41, 5.74) is 1.54. The number of alkyl halides is 3. The minimum absolute atomic E-state index is 0.166. The van der Waals surface area contributed by atoms with Crippen molar-refractivity contribution in [1.29, 1.82) is 0 Å². The zero-order valence-electron chi connectivity index (χ0n) is 13.6. The summed E-state index contributed by atoms with van der Waals surface area (Å²) in [6.45, 7) is 1.34. The van der Waals surface area contributed by atoms with E-state index in [0.717, 1.165) is 0 Å². The third-order valence-electron chi connectivity index (χ3n) is 3.92. The van der Waals surface area contributed by atoms with Crippen molar-refractivity contribution in [3.63, 3.8) is 0 Å². The largest absolute Gasteiger partial charge is 0.465 e. The summed E-state index contributed by atoms with van der Waals surface area (Å²) in [7, 11) is 1.24. The smallest absolute Gasteiger partial charge is 0.355 e. The molecule has 1 unspecified atom stereocenters. The van der Waals surface area contributed by atoms with Crippen molar-refractivity contribution in [3.8, 4) is 0 Å². The van der Waals surface area contributed by atoms with Crippen molar-refractivity contribution >= 4 is 28.3 Å². The minimum Gasteiger partial charge on any atom is -0.465 e. The Morgan fingerprint density at radius 2 is 2.12 bits per heavy atom. The Kier molecular flexibility index (Phi) is 4.28. The lowest BCUT2D eigenvalue weighted by Gasteiger charge is -2.22. The SMILES string of the molecule is CCC(F)C(F)(F)Nc1nc2cc(C(=O)OC)ccc2n2cccc12. The van der Waals surface area contributed by atoms with Crippen molar-refractivity contribution in [2.24, 2.45) is 0 Å². The van der Waals surface area contributed by atoms with Gasteiger partial charge in [0, 0.05) is 6.20 Å². The van der Waals surface area contributed by atoms with E-state index in [9.17, 15) is 18.0 Å². The van der Waals surface area contributed by atoms with Gasteiger partial charge in [0.1, 0.15) is 0 Å². The molecular formula is C17H16F3N3O2. The van der Waals surface area contributed by atoms with E-state index < -0.39 is 18.2 Å². The highest BCUT2D eigenvalue weighted by molar-refractivity contribution is 5.95. The molecule has 2 aromatic heterocycles. The van der Waals surface area contributed by atoms with E-state index in [1.165, 1.54) is 20.1 Å². The fraction of sp³-hybridized carbons (Fsp3) is 0.294. The van der Waals surface area contributed by atoms with Crippen LogP contribution in [-0.2, 0) is 4.74 Å². The number of carbonyl (C=O) groups excluding carboxylic acids is 1. The molecule has 1 atom stereocenters. The molecular weight excluding hydrogens is 335 g/mol. The Labute approximate surface area is 141 Å². The van der Waals surface area contributed by atoms with Gasteiger partial charge in [-0.05, 0) is 36.8 Å². The predicted octanol–water partition coefficient (Wildman–Crippen LogP) is 4.03. The Morgan fingerprint density at radius 1 is 1.36 bits per heavy atom. The number of anilines is 1. The normalized spacial score (nSPS) is 13.2. The van der Waals surface area contributed by atoms with E-state index >= 15 is 0 Å². The molecule has 3 rings (SSSR count). The predicted molar refractivity (Wildman–Crippen MR) is 87.8 cm³/mol. The van der Waals surface area contributed by atoms with E-state index in [0.29, 0.717) is 16.6 Å². The van der Waals surface area contributed by atoms with Gasteiger partial charge in [-0.1, -0.05) is 6.92 Å². The number of fused-ring (bicyclic) bond motifs is 3. The number of methoxy groups -OCH3 is 1. The monoisotopic (exact) mass is 351 g/mol. The van der Waals surface area contributed by atoms with Crippen molar-refractivity contribution in [2.45, 2.75) is 25.6 Å². The lowest BCUT2D eigenvalue weighted by Crippen LogP contribution is -2.38. The molecule has 0 saturated heterocycles. The topological polar surface area (TPSA) is 55.6 Å². The van der Waals surface area contributed by atoms with Crippen LogP contribution in [0.25, 0.3) is 16.6 Å². The fourth-order valence-corrected chi connectivity index (χ4v) is 2.61. The molecule has 25 heavy (non-hydrogen) atoms. The first-order chi connectivity index (χ1) is 11.9. The van der Waals surface area contributed by atoms with Gasteiger partial charge in [0.05, 0.1) is 29.2 Å². The van der Waals surface area contributed by atoms with Crippen LogP contribution in [0.1, 0.15) is 23.7 Å². The molecule has 0 radical (unpaired) electrons. The van der Waals surface area contributed by atoms with Crippen LogP contribution in [-0.4, -0.2) is 34.7 Å². The minimum atomic E-state index is -3.76. The molecule has 5 nitrogen and oxygen atoms in total. The molecule has 0 aliphatic rings. The quantitative estimate of drug-likeness (QED) is 0.557. The average Bonchev–Trinajstić information content (AvgIpc) is 3.09. The second kappa shape index (κ2) is 6.27.